The SMILES string of the molecule is CCOC(=O)N1CCC(NC(=O)[C@H]2CC23CCN(C(=O)c2cccc(Cl)c2F)CC3)CC1. The molecule has 3 aliphatic rings. The summed E-state index contributed by atoms with van der Waals surface area (Å²) < 4.78 is 19.2. The molecule has 2 saturated heterocycles. The van der Waals surface area contributed by atoms with E-state index >= 15 is 0 Å². The number of carbonyl (C=O) groups is 3. The summed E-state index contributed by atoms with van der Waals surface area (Å²) >= 11 is 5.81. The fourth-order valence-corrected chi connectivity index (χ4v) is 5.16. The van der Waals surface area contributed by atoms with E-state index in [0.29, 0.717) is 32.8 Å². The number of hydrogen-bond acceptors (Lipinski definition) is 4. The highest BCUT2D eigenvalue weighted by Crippen LogP contribution is 2.59. The van der Waals surface area contributed by atoms with E-state index in [1.807, 2.05) is 0 Å². The van der Waals surface area contributed by atoms with Gasteiger partial charge in [-0.3, -0.25) is 9.59 Å². The Balaban J connectivity index is 1.24. The lowest BCUT2D eigenvalue weighted by Gasteiger charge is -2.34. The second kappa shape index (κ2) is 9.25. The molecule has 1 spiro atoms. The van der Waals surface area contributed by atoms with E-state index in [4.69, 9.17) is 16.3 Å². The molecular formula is C23H29ClFN3O4. The van der Waals surface area contributed by atoms with Crippen LogP contribution in [0.4, 0.5) is 9.18 Å². The van der Waals surface area contributed by atoms with Gasteiger partial charge in [-0.1, -0.05) is 17.7 Å². The molecule has 32 heavy (non-hydrogen) atoms. The molecule has 0 bridgehead atoms. The van der Waals surface area contributed by atoms with Crippen LogP contribution in [0.25, 0.3) is 0 Å². The lowest BCUT2D eigenvalue weighted by atomic mass is 9.90. The van der Waals surface area contributed by atoms with Gasteiger partial charge in [-0.05, 0) is 56.6 Å². The van der Waals surface area contributed by atoms with Crippen LogP contribution in [-0.4, -0.2) is 66.5 Å². The fraction of sp³-hybridized carbons (Fsp3) is 0.609. The number of nitrogens with zero attached hydrogens (tertiary/aromatic N) is 2. The average molecular weight is 466 g/mol. The van der Waals surface area contributed by atoms with Gasteiger partial charge in [0.2, 0.25) is 5.91 Å². The van der Waals surface area contributed by atoms with Crippen molar-refractivity contribution in [2.24, 2.45) is 11.3 Å². The Labute approximate surface area is 192 Å². The molecular weight excluding hydrogens is 437 g/mol. The molecule has 1 aliphatic carbocycles. The third-order valence-electron chi connectivity index (χ3n) is 7.10. The molecule has 9 heteroatoms. The molecule has 1 saturated carbocycles. The van der Waals surface area contributed by atoms with Crippen molar-refractivity contribution in [1.29, 1.82) is 0 Å². The molecule has 0 aromatic heterocycles. The zero-order valence-electron chi connectivity index (χ0n) is 18.2. The minimum atomic E-state index is -0.683. The van der Waals surface area contributed by atoms with Gasteiger partial charge in [0.05, 0.1) is 17.2 Å². The van der Waals surface area contributed by atoms with Crippen LogP contribution in [0.15, 0.2) is 18.2 Å². The molecule has 7 nitrogen and oxygen atoms in total. The first-order valence-corrected chi connectivity index (χ1v) is 11.7. The molecule has 0 radical (unpaired) electrons. The zero-order chi connectivity index (χ0) is 22.9. The van der Waals surface area contributed by atoms with Crippen LogP contribution < -0.4 is 5.32 Å². The molecule has 2 aliphatic heterocycles. The van der Waals surface area contributed by atoms with Gasteiger partial charge in [0.15, 0.2) is 5.82 Å². The van der Waals surface area contributed by atoms with Crippen LogP contribution in [0.1, 0.15) is 49.4 Å². The maximum atomic E-state index is 14.2. The number of nitrogens with one attached hydrogen (secondary N) is 1. The Morgan fingerprint density at radius 1 is 1.16 bits per heavy atom. The zero-order valence-corrected chi connectivity index (χ0v) is 19.0. The Morgan fingerprint density at radius 3 is 2.50 bits per heavy atom. The fourth-order valence-electron chi connectivity index (χ4n) is 4.99. The van der Waals surface area contributed by atoms with Gasteiger partial charge in [-0.2, -0.15) is 0 Å². The molecule has 1 N–H and O–H groups in total. The first kappa shape index (κ1) is 22.8. The van der Waals surface area contributed by atoms with Crippen LogP contribution in [0.3, 0.4) is 0 Å². The summed E-state index contributed by atoms with van der Waals surface area (Å²) in [6.45, 7) is 4.31. The van der Waals surface area contributed by atoms with Crippen molar-refractivity contribution in [2.45, 2.75) is 45.1 Å². The number of likely N-dealkylation sites (tertiary alicyclic amines) is 2. The highest BCUT2D eigenvalue weighted by atomic mass is 35.5. The number of ether oxygens (including phenoxy) is 1. The summed E-state index contributed by atoms with van der Waals surface area (Å²) in [5, 5.41) is 3.10. The topological polar surface area (TPSA) is 79.0 Å². The Morgan fingerprint density at radius 2 is 1.84 bits per heavy atom. The number of benzene rings is 1. The van der Waals surface area contributed by atoms with E-state index in [9.17, 15) is 18.8 Å². The molecule has 3 amide bonds. The van der Waals surface area contributed by atoms with Gasteiger partial charge in [0.25, 0.3) is 5.91 Å². The summed E-state index contributed by atoms with van der Waals surface area (Å²) in [5.74, 6) is -1.00. The maximum Gasteiger partial charge on any atom is 0.409 e. The Hall–Kier alpha value is -2.35. The quantitative estimate of drug-likeness (QED) is 0.738. The molecule has 2 heterocycles. The highest BCUT2D eigenvalue weighted by molar-refractivity contribution is 6.31. The molecule has 3 fully saturated rings. The average Bonchev–Trinajstić information content (AvgIpc) is 3.49. The molecule has 4 rings (SSSR count). The lowest BCUT2D eigenvalue weighted by Crippen LogP contribution is -2.47. The molecule has 0 unspecified atom stereocenters. The number of amides is 3. The predicted molar refractivity (Wildman–Crippen MR) is 117 cm³/mol. The van der Waals surface area contributed by atoms with Gasteiger partial charge in [0.1, 0.15) is 0 Å². The van der Waals surface area contributed by atoms with Crippen LogP contribution in [0.2, 0.25) is 5.02 Å². The van der Waals surface area contributed by atoms with Crippen molar-refractivity contribution >= 4 is 29.5 Å². The van der Waals surface area contributed by atoms with E-state index < -0.39 is 5.82 Å². The molecule has 1 atom stereocenters. The summed E-state index contributed by atoms with van der Waals surface area (Å²) in [4.78, 5) is 40.7. The largest absolute Gasteiger partial charge is 0.450 e. The second-order valence-electron chi connectivity index (χ2n) is 8.98. The Bertz CT molecular complexity index is 895. The molecule has 1 aromatic rings. The van der Waals surface area contributed by atoms with Crippen molar-refractivity contribution in [1.82, 2.24) is 15.1 Å². The van der Waals surface area contributed by atoms with Crippen molar-refractivity contribution in [3.8, 4) is 0 Å². The summed E-state index contributed by atoms with van der Waals surface area (Å²) in [6, 6.07) is 4.52. The predicted octanol–water partition coefficient (Wildman–Crippen LogP) is 3.46. The van der Waals surface area contributed by atoms with Crippen molar-refractivity contribution < 1.29 is 23.5 Å². The first-order valence-electron chi connectivity index (χ1n) is 11.3. The van der Waals surface area contributed by atoms with Crippen LogP contribution in [0.5, 0.6) is 0 Å². The normalized spacial score (nSPS) is 22.5. The monoisotopic (exact) mass is 465 g/mol. The van der Waals surface area contributed by atoms with Crippen molar-refractivity contribution in [3.05, 3.63) is 34.6 Å². The van der Waals surface area contributed by atoms with E-state index in [2.05, 4.69) is 5.32 Å². The van der Waals surface area contributed by atoms with Crippen molar-refractivity contribution in [3.63, 3.8) is 0 Å². The highest BCUT2D eigenvalue weighted by Gasteiger charge is 2.59. The van der Waals surface area contributed by atoms with E-state index in [-0.39, 0.29) is 45.9 Å². The van der Waals surface area contributed by atoms with E-state index in [1.165, 1.54) is 12.1 Å². The van der Waals surface area contributed by atoms with Gasteiger partial charge in [-0.15, -0.1) is 0 Å². The van der Waals surface area contributed by atoms with Crippen LogP contribution in [-0.2, 0) is 9.53 Å². The van der Waals surface area contributed by atoms with Gasteiger partial charge < -0.3 is 19.9 Å². The Kier molecular flexibility index (Phi) is 6.60. The number of piperidine rings is 2. The number of halogens is 2. The molecule has 1 aromatic carbocycles. The summed E-state index contributed by atoms with van der Waals surface area (Å²) in [5.41, 5.74) is -0.0629. The number of hydrogen-bond donors (Lipinski definition) is 1. The van der Waals surface area contributed by atoms with E-state index in [1.54, 1.807) is 22.8 Å². The summed E-state index contributed by atoms with van der Waals surface area (Å²) in [7, 11) is 0. The standard InChI is InChI=1S/C23H29ClFN3O4/c1-2-32-22(31)28-10-6-15(7-11-28)26-20(29)17-14-23(17)8-12-27(13-9-23)21(30)16-4-3-5-18(24)19(16)25/h3-5,15,17H,2,6-14H2,1H3,(H,26,29)/t17-/m1/s1. The minimum absolute atomic E-state index is 0.00676. The van der Waals surface area contributed by atoms with E-state index in [0.717, 1.165) is 32.1 Å². The van der Waals surface area contributed by atoms with Crippen LogP contribution >= 0.6 is 11.6 Å². The van der Waals surface area contributed by atoms with Crippen LogP contribution in [0, 0.1) is 17.2 Å². The third kappa shape index (κ3) is 4.56. The minimum Gasteiger partial charge on any atom is -0.450 e. The second-order valence-corrected chi connectivity index (χ2v) is 9.39. The number of rotatable bonds is 4. The van der Waals surface area contributed by atoms with Crippen molar-refractivity contribution in [2.75, 3.05) is 32.8 Å². The number of carbonyl (C=O) groups excluding carboxylic acids is 3. The first-order chi connectivity index (χ1) is 15.3. The maximum absolute atomic E-state index is 14.2. The summed E-state index contributed by atoms with van der Waals surface area (Å²) in [6.07, 6.45) is 3.45. The van der Waals surface area contributed by atoms with Gasteiger partial charge in [0, 0.05) is 38.1 Å². The lowest BCUT2D eigenvalue weighted by molar-refractivity contribution is -0.124. The molecule has 174 valence electrons. The smallest absolute Gasteiger partial charge is 0.409 e. The van der Waals surface area contributed by atoms with Gasteiger partial charge in [-0.25, -0.2) is 9.18 Å². The third-order valence-corrected chi connectivity index (χ3v) is 7.39. The van der Waals surface area contributed by atoms with Gasteiger partial charge >= 0.3 is 6.09 Å².